The van der Waals surface area contributed by atoms with Crippen LogP contribution in [0.1, 0.15) is 0 Å². The summed E-state index contributed by atoms with van der Waals surface area (Å²) in [5.41, 5.74) is -2.29. The Hall–Kier alpha value is -1.78. The van der Waals surface area contributed by atoms with E-state index in [2.05, 4.69) is 9.79 Å². The van der Waals surface area contributed by atoms with Gasteiger partial charge in [0, 0.05) is 12.1 Å². The Kier molecular flexibility index (Phi) is 3.60. The van der Waals surface area contributed by atoms with E-state index in [0.717, 1.165) is 12.1 Å². The van der Waals surface area contributed by atoms with Crippen molar-refractivity contribution in [3.05, 3.63) is 37.6 Å². The first-order valence-corrected chi connectivity index (χ1v) is 3.83. The summed E-state index contributed by atoms with van der Waals surface area (Å²) in [6, 6.07) is 1.88. The Morgan fingerprint density at radius 3 is 2.41 bits per heavy atom. The van der Waals surface area contributed by atoms with Crippen molar-refractivity contribution in [2.75, 3.05) is 0 Å². The number of benzene rings is 1. The molecule has 0 N–H and O–H groups in total. The van der Waals surface area contributed by atoms with Gasteiger partial charge < -0.3 is 5.21 Å². The molecular weight excluding hydrogens is 247 g/mol. The Bertz CT molecular complexity index is 610. The normalized spacial score (nSPS) is 9.88. The molecule has 0 saturated heterocycles. The number of nitro groups is 2. The van der Waals surface area contributed by atoms with Crippen LogP contribution in [0.5, 0.6) is 0 Å². The van der Waals surface area contributed by atoms with Gasteiger partial charge >= 0.3 is 46.4 Å². The van der Waals surface area contributed by atoms with E-state index in [0.29, 0.717) is 0 Å². The fourth-order valence-corrected chi connectivity index (χ4v) is 1.24. The van der Waals surface area contributed by atoms with Gasteiger partial charge in [0.1, 0.15) is 0 Å². The molecule has 1 aromatic carbocycles. The summed E-state index contributed by atoms with van der Waals surface area (Å²) in [5.74, 6) is 0. The second-order valence-corrected chi connectivity index (χ2v) is 2.75. The third-order valence-electron chi connectivity index (χ3n) is 1.89. The first-order valence-electron chi connectivity index (χ1n) is 3.83. The maximum atomic E-state index is 10.9. The van der Waals surface area contributed by atoms with Gasteiger partial charge in [0.2, 0.25) is 5.52 Å². The molecule has 10 nitrogen and oxygen atoms in total. The fourth-order valence-electron chi connectivity index (χ4n) is 1.24. The average Bonchev–Trinajstić information content (AvgIpc) is 2.58. The van der Waals surface area contributed by atoms with Gasteiger partial charge in [-0.25, -0.2) is 0 Å². The standard InChI is InChI=1S/C6H2N4O6.Na.H/c11-8(12)4-2-1-3-5(6(4)9(13)14)7-16-10(3)15;;/h1-2H;;. The van der Waals surface area contributed by atoms with E-state index in [9.17, 15) is 25.4 Å². The molecule has 84 valence electrons. The van der Waals surface area contributed by atoms with Crippen LogP contribution in [0.2, 0.25) is 0 Å². The van der Waals surface area contributed by atoms with Crippen LogP contribution in [0.15, 0.2) is 16.8 Å². The topological polar surface area (TPSA) is 139 Å². The molecule has 0 bridgehead atoms. The van der Waals surface area contributed by atoms with E-state index in [1.165, 1.54) is 0 Å². The van der Waals surface area contributed by atoms with Crippen molar-refractivity contribution < 1.29 is 19.4 Å². The van der Waals surface area contributed by atoms with Crippen molar-refractivity contribution in [2.45, 2.75) is 0 Å². The average molecular weight is 250 g/mol. The number of rotatable bonds is 2. The van der Waals surface area contributed by atoms with Gasteiger partial charge in [0.25, 0.3) is 0 Å². The summed E-state index contributed by atoms with van der Waals surface area (Å²) in [7, 11) is 0. The Morgan fingerprint density at radius 2 is 1.88 bits per heavy atom. The van der Waals surface area contributed by atoms with Gasteiger partial charge in [-0.1, -0.05) is 0 Å². The van der Waals surface area contributed by atoms with E-state index in [4.69, 9.17) is 0 Å². The Labute approximate surface area is 114 Å². The minimum absolute atomic E-state index is 0. The van der Waals surface area contributed by atoms with Gasteiger partial charge in [-0.15, -0.1) is 0 Å². The van der Waals surface area contributed by atoms with Crippen LogP contribution < -0.4 is 4.90 Å². The zero-order valence-corrected chi connectivity index (χ0v) is 7.39. The summed E-state index contributed by atoms with van der Waals surface area (Å²) in [6.45, 7) is 0. The van der Waals surface area contributed by atoms with Gasteiger partial charge in [-0.05, 0) is 4.90 Å². The number of nitrogens with zero attached hydrogens (tertiary/aromatic N) is 4. The summed E-state index contributed by atoms with van der Waals surface area (Å²) in [4.78, 5) is 19.2. The fraction of sp³-hybridized carbons (Fsp3) is 0. The molecule has 0 unspecified atom stereocenters. The van der Waals surface area contributed by atoms with Crippen molar-refractivity contribution in [3.63, 3.8) is 0 Å². The number of fused-ring (bicyclic) bond motifs is 1. The van der Waals surface area contributed by atoms with Gasteiger partial charge in [-0.3, -0.25) is 24.9 Å². The molecule has 0 aliphatic heterocycles. The summed E-state index contributed by atoms with van der Waals surface area (Å²) >= 11 is 0. The first kappa shape index (κ1) is 13.3. The van der Waals surface area contributed by atoms with E-state index >= 15 is 0 Å². The minimum atomic E-state index is -0.983. The number of hydrogen-bond acceptors (Lipinski definition) is 7. The molecule has 2 rings (SSSR count). The molecule has 0 amide bonds. The van der Waals surface area contributed by atoms with Crippen LogP contribution in [0.3, 0.4) is 0 Å². The quantitative estimate of drug-likeness (QED) is 0.306. The molecule has 0 spiro atoms. The Balaban J connectivity index is 0.00000144. The molecule has 2 aromatic rings. The van der Waals surface area contributed by atoms with Crippen LogP contribution in [-0.4, -0.2) is 44.6 Å². The summed E-state index contributed by atoms with van der Waals surface area (Å²) < 4.78 is 4.12. The Morgan fingerprint density at radius 1 is 1.24 bits per heavy atom. The van der Waals surface area contributed by atoms with Crippen LogP contribution in [0.4, 0.5) is 11.4 Å². The van der Waals surface area contributed by atoms with Gasteiger partial charge in [0.15, 0.2) is 0 Å². The van der Waals surface area contributed by atoms with Crippen LogP contribution in [0.25, 0.3) is 11.0 Å². The third kappa shape index (κ3) is 2.05. The predicted octanol–water partition coefficient (Wildman–Crippen LogP) is -0.371. The van der Waals surface area contributed by atoms with Crippen molar-refractivity contribution in [2.24, 2.45) is 0 Å². The summed E-state index contributed by atoms with van der Waals surface area (Å²) in [5, 5.41) is 35.2. The van der Waals surface area contributed by atoms with E-state index in [-0.39, 0.29) is 40.0 Å². The molecule has 0 atom stereocenters. The number of hydrogen-bond donors (Lipinski definition) is 0. The second-order valence-electron chi connectivity index (χ2n) is 2.75. The maximum absolute atomic E-state index is 10.9. The molecule has 0 aliphatic rings. The molecule has 0 fully saturated rings. The van der Waals surface area contributed by atoms with Crippen LogP contribution in [0, 0.1) is 25.4 Å². The molecule has 1 aromatic heterocycles. The van der Waals surface area contributed by atoms with Crippen molar-refractivity contribution in [1.29, 1.82) is 0 Å². The molecule has 1 heterocycles. The first-order chi connectivity index (χ1) is 7.52. The van der Waals surface area contributed by atoms with E-state index in [1.54, 1.807) is 0 Å². The molecule has 0 saturated carbocycles. The second kappa shape index (κ2) is 4.61. The van der Waals surface area contributed by atoms with Gasteiger partial charge in [0.05, 0.1) is 15.0 Å². The zero-order chi connectivity index (χ0) is 11.9. The van der Waals surface area contributed by atoms with Crippen LogP contribution >= 0.6 is 0 Å². The third-order valence-corrected chi connectivity index (χ3v) is 1.89. The molecular formula is C6H3N4NaO6. The number of nitro benzene ring substituents is 2. The van der Waals surface area contributed by atoms with E-state index in [1.807, 2.05) is 0 Å². The van der Waals surface area contributed by atoms with Crippen molar-refractivity contribution >= 4 is 52.0 Å². The number of aromatic nitrogens is 2. The summed E-state index contributed by atoms with van der Waals surface area (Å²) in [6.07, 6.45) is 0. The molecule has 11 heteroatoms. The molecule has 0 radical (unpaired) electrons. The van der Waals surface area contributed by atoms with Gasteiger partial charge in [-0.2, -0.15) is 0 Å². The monoisotopic (exact) mass is 250 g/mol. The molecule has 0 aliphatic carbocycles. The SMILES string of the molecule is O=[N+]([O-])c1ccc2c(no[n+]2[O-])c1[N+](=O)[O-].[NaH]. The molecule has 17 heavy (non-hydrogen) atoms. The van der Waals surface area contributed by atoms with Crippen LogP contribution in [-0.2, 0) is 0 Å². The predicted molar refractivity (Wildman–Crippen MR) is 53.4 cm³/mol. The van der Waals surface area contributed by atoms with E-state index < -0.39 is 26.7 Å². The van der Waals surface area contributed by atoms with Crippen molar-refractivity contribution in [1.82, 2.24) is 5.16 Å². The van der Waals surface area contributed by atoms with Crippen molar-refractivity contribution in [3.8, 4) is 0 Å². The zero-order valence-electron chi connectivity index (χ0n) is 7.39.